The zero-order valence-corrected chi connectivity index (χ0v) is 11.1. The quantitative estimate of drug-likeness (QED) is 0.742. The van der Waals surface area contributed by atoms with E-state index in [0.717, 1.165) is 51.7 Å². The molecule has 18 heavy (non-hydrogen) atoms. The number of carbonyl (C=O) groups is 2. The highest BCUT2D eigenvalue weighted by Crippen LogP contribution is 2.13. The van der Waals surface area contributed by atoms with Crippen LogP contribution in [0.5, 0.6) is 0 Å². The van der Waals surface area contributed by atoms with Gasteiger partial charge in [0.2, 0.25) is 11.8 Å². The molecule has 1 atom stereocenters. The van der Waals surface area contributed by atoms with Crippen molar-refractivity contribution in [2.24, 2.45) is 0 Å². The summed E-state index contributed by atoms with van der Waals surface area (Å²) >= 11 is 0. The minimum atomic E-state index is -0.0404. The van der Waals surface area contributed by atoms with Crippen LogP contribution in [0.15, 0.2) is 0 Å². The van der Waals surface area contributed by atoms with Crippen LogP contribution in [0.2, 0.25) is 0 Å². The van der Waals surface area contributed by atoms with Gasteiger partial charge in [-0.2, -0.15) is 0 Å². The van der Waals surface area contributed by atoms with Gasteiger partial charge in [-0.25, -0.2) is 0 Å². The van der Waals surface area contributed by atoms with Gasteiger partial charge in [0.15, 0.2) is 0 Å². The molecule has 0 radical (unpaired) electrons. The minimum Gasteiger partial charge on any atom is -0.355 e. The number of carbonyl (C=O) groups excluding carboxylic acids is 2. The zero-order valence-electron chi connectivity index (χ0n) is 11.1. The van der Waals surface area contributed by atoms with Crippen LogP contribution in [0.25, 0.3) is 0 Å². The summed E-state index contributed by atoms with van der Waals surface area (Å²) in [6, 6.07) is 0.329. The highest BCUT2D eigenvalue weighted by Gasteiger charge is 2.26. The maximum atomic E-state index is 11.8. The number of piperidine rings is 1. The Balaban J connectivity index is 1.79. The maximum Gasteiger partial charge on any atom is 0.237 e. The minimum absolute atomic E-state index is 0.0404. The second-order valence-corrected chi connectivity index (χ2v) is 5.29. The smallest absolute Gasteiger partial charge is 0.237 e. The van der Waals surface area contributed by atoms with Crippen molar-refractivity contribution in [1.29, 1.82) is 0 Å². The van der Waals surface area contributed by atoms with Crippen molar-refractivity contribution in [3.63, 3.8) is 0 Å². The summed E-state index contributed by atoms with van der Waals surface area (Å²) in [5.41, 5.74) is 0. The van der Waals surface area contributed by atoms with Crippen LogP contribution in [0.4, 0.5) is 0 Å². The molecule has 0 aromatic carbocycles. The van der Waals surface area contributed by atoms with Gasteiger partial charge in [-0.3, -0.25) is 9.59 Å². The fourth-order valence-electron chi connectivity index (χ4n) is 2.74. The molecule has 0 aliphatic carbocycles. The monoisotopic (exact) mass is 253 g/mol. The third kappa shape index (κ3) is 3.45. The summed E-state index contributed by atoms with van der Waals surface area (Å²) in [5.74, 6) is 0.294. The van der Waals surface area contributed by atoms with Crippen molar-refractivity contribution >= 4 is 11.8 Å². The molecule has 0 aromatic rings. The molecule has 2 saturated heterocycles. The SMILES string of the molecule is CC(=O)N1CCC(N[C@@H]2CCCCNC2=O)CC1. The fraction of sp³-hybridized carbons (Fsp3) is 0.846. The number of amides is 2. The van der Waals surface area contributed by atoms with Crippen LogP contribution >= 0.6 is 0 Å². The zero-order chi connectivity index (χ0) is 13.0. The second-order valence-electron chi connectivity index (χ2n) is 5.29. The predicted octanol–water partition coefficient (Wildman–Crippen LogP) is 0.256. The van der Waals surface area contributed by atoms with Crippen LogP contribution in [0.1, 0.15) is 39.0 Å². The number of hydrogen-bond donors (Lipinski definition) is 2. The molecule has 2 amide bonds. The first kappa shape index (κ1) is 13.3. The summed E-state index contributed by atoms with van der Waals surface area (Å²) in [6.45, 7) is 4.04. The van der Waals surface area contributed by atoms with Crippen LogP contribution in [0.3, 0.4) is 0 Å². The van der Waals surface area contributed by atoms with Crippen molar-refractivity contribution < 1.29 is 9.59 Å². The third-order valence-corrected chi connectivity index (χ3v) is 3.91. The Morgan fingerprint density at radius 3 is 2.67 bits per heavy atom. The fourth-order valence-corrected chi connectivity index (χ4v) is 2.74. The van der Waals surface area contributed by atoms with Gasteiger partial charge in [0.1, 0.15) is 0 Å². The molecule has 0 saturated carbocycles. The summed E-state index contributed by atoms with van der Waals surface area (Å²) in [4.78, 5) is 24.9. The predicted molar refractivity (Wildman–Crippen MR) is 69.1 cm³/mol. The van der Waals surface area contributed by atoms with E-state index in [1.54, 1.807) is 6.92 Å². The van der Waals surface area contributed by atoms with Crippen molar-refractivity contribution in [2.75, 3.05) is 19.6 Å². The normalized spacial score (nSPS) is 26.6. The van der Waals surface area contributed by atoms with E-state index in [2.05, 4.69) is 10.6 Å². The average molecular weight is 253 g/mol. The van der Waals surface area contributed by atoms with E-state index in [1.807, 2.05) is 4.90 Å². The molecular formula is C13H23N3O2. The van der Waals surface area contributed by atoms with E-state index in [9.17, 15) is 9.59 Å². The van der Waals surface area contributed by atoms with Gasteiger partial charge < -0.3 is 15.5 Å². The van der Waals surface area contributed by atoms with Gasteiger partial charge in [-0.1, -0.05) is 0 Å². The first-order valence-corrected chi connectivity index (χ1v) is 6.96. The van der Waals surface area contributed by atoms with Crippen LogP contribution in [-0.2, 0) is 9.59 Å². The molecule has 0 spiro atoms. The largest absolute Gasteiger partial charge is 0.355 e. The molecule has 2 N–H and O–H groups in total. The van der Waals surface area contributed by atoms with Gasteiger partial charge in [0.25, 0.3) is 0 Å². The number of rotatable bonds is 2. The summed E-state index contributed by atoms with van der Waals surface area (Å²) in [6.07, 6.45) is 5.00. The highest BCUT2D eigenvalue weighted by atomic mass is 16.2. The Bertz CT molecular complexity index is 311. The number of hydrogen-bond acceptors (Lipinski definition) is 3. The summed E-state index contributed by atoms with van der Waals surface area (Å²) in [7, 11) is 0. The highest BCUT2D eigenvalue weighted by molar-refractivity contribution is 5.81. The van der Waals surface area contributed by atoms with E-state index < -0.39 is 0 Å². The Kier molecular flexibility index (Phi) is 4.58. The molecular weight excluding hydrogens is 230 g/mol. The third-order valence-electron chi connectivity index (χ3n) is 3.91. The number of likely N-dealkylation sites (tertiary alicyclic amines) is 1. The molecule has 2 aliphatic rings. The molecule has 102 valence electrons. The lowest BCUT2D eigenvalue weighted by molar-refractivity contribution is -0.130. The van der Waals surface area contributed by atoms with Crippen LogP contribution in [-0.4, -0.2) is 48.4 Å². The molecule has 0 bridgehead atoms. The summed E-state index contributed by atoms with van der Waals surface area (Å²) < 4.78 is 0. The molecule has 5 nitrogen and oxygen atoms in total. The molecule has 0 aromatic heterocycles. The van der Waals surface area contributed by atoms with Crippen molar-refractivity contribution in [2.45, 2.75) is 51.1 Å². The second kappa shape index (κ2) is 6.18. The topological polar surface area (TPSA) is 61.4 Å². The number of nitrogens with one attached hydrogen (secondary N) is 2. The lowest BCUT2D eigenvalue weighted by Gasteiger charge is -2.33. The molecule has 2 fully saturated rings. The van der Waals surface area contributed by atoms with Gasteiger partial charge >= 0.3 is 0 Å². The standard InChI is InChI=1S/C13H23N3O2/c1-10(17)16-8-5-11(6-9-16)15-12-4-2-3-7-14-13(12)18/h11-12,15H,2-9H2,1H3,(H,14,18)/t12-/m1/s1. The first-order valence-electron chi connectivity index (χ1n) is 6.96. The average Bonchev–Trinajstić information content (AvgIpc) is 2.56. The van der Waals surface area contributed by atoms with Crippen molar-refractivity contribution in [3.05, 3.63) is 0 Å². The van der Waals surface area contributed by atoms with Gasteiger partial charge in [-0.15, -0.1) is 0 Å². The van der Waals surface area contributed by atoms with E-state index in [0.29, 0.717) is 6.04 Å². The Labute approximate surface area is 108 Å². The maximum absolute atomic E-state index is 11.8. The summed E-state index contributed by atoms with van der Waals surface area (Å²) in [5, 5.41) is 6.40. The Hall–Kier alpha value is -1.10. The molecule has 2 rings (SSSR count). The lowest BCUT2D eigenvalue weighted by atomic mass is 10.0. The Morgan fingerprint density at radius 2 is 2.00 bits per heavy atom. The first-order chi connectivity index (χ1) is 8.66. The lowest BCUT2D eigenvalue weighted by Crippen LogP contribution is -2.51. The van der Waals surface area contributed by atoms with Gasteiger partial charge in [0, 0.05) is 32.6 Å². The number of nitrogens with zero attached hydrogens (tertiary/aromatic N) is 1. The van der Waals surface area contributed by atoms with E-state index in [4.69, 9.17) is 0 Å². The van der Waals surface area contributed by atoms with Gasteiger partial charge in [-0.05, 0) is 32.1 Å². The Morgan fingerprint density at radius 1 is 1.28 bits per heavy atom. The van der Waals surface area contributed by atoms with E-state index in [-0.39, 0.29) is 17.9 Å². The van der Waals surface area contributed by atoms with Crippen LogP contribution < -0.4 is 10.6 Å². The van der Waals surface area contributed by atoms with E-state index in [1.165, 1.54) is 0 Å². The van der Waals surface area contributed by atoms with Crippen LogP contribution in [0, 0.1) is 0 Å². The van der Waals surface area contributed by atoms with Crippen molar-refractivity contribution in [3.8, 4) is 0 Å². The molecule has 0 unspecified atom stereocenters. The molecule has 2 heterocycles. The van der Waals surface area contributed by atoms with Gasteiger partial charge in [0.05, 0.1) is 6.04 Å². The van der Waals surface area contributed by atoms with Crippen molar-refractivity contribution in [1.82, 2.24) is 15.5 Å². The molecule has 5 heteroatoms. The van der Waals surface area contributed by atoms with E-state index >= 15 is 0 Å². The molecule has 2 aliphatic heterocycles.